The highest BCUT2D eigenvalue weighted by Gasteiger charge is 2.44. The molecule has 1 aromatic carbocycles. The first-order valence-corrected chi connectivity index (χ1v) is 7.19. The SMILES string of the molecule is COc1ccc(-n2nc(C(=O)O)c3c2C2CCC3C2)cc1. The first-order chi connectivity index (χ1) is 10.2. The largest absolute Gasteiger partial charge is 0.497 e. The number of carboxylic acid groups (broad SMARTS) is 1. The molecule has 2 atom stereocenters. The van der Waals surface area contributed by atoms with Crippen molar-refractivity contribution in [2.24, 2.45) is 0 Å². The van der Waals surface area contributed by atoms with E-state index in [0.717, 1.165) is 42.0 Å². The second kappa shape index (κ2) is 4.35. The van der Waals surface area contributed by atoms with Crippen molar-refractivity contribution < 1.29 is 14.6 Å². The third-order valence-corrected chi connectivity index (χ3v) is 4.71. The molecule has 0 radical (unpaired) electrons. The average Bonchev–Trinajstić information content (AvgIpc) is 3.19. The van der Waals surface area contributed by atoms with Crippen LogP contribution in [-0.2, 0) is 0 Å². The fourth-order valence-electron chi connectivity index (χ4n) is 3.81. The van der Waals surface area contributed by atoms with Crippen LogP contribution in [-0.4, -0.2) is 28.0 Å². The smallest absolute Gasteiger partial charge is 0.356 e. The minimum absolute atomic E-state index is 0.230. The van der Waals surface area contributed by atoms with Gasteiger partial charge in [0.25, 0.3) is 0 Å². The lowest BCUT2D eigenvalue weighted by molar-refractivity contribution is 0.0688. The second-order valence-corrected chi connectivity index (χ2v) is 5.77. The molecule has 1 heterocycles. The van der Waals surface area contributed by atoms with Crippen molar-refractivity contribution in [3.8, 4) is 11.4 Å². The molecule has 0 amide bonds. The van der Waals surface area contributed by atoms with Crippen LogP contribution in [0.3, 0.4) is 0 Å². The highest BCUT2D eigenvalue weighted by molar-refractivity contribution is 5.88. The van der Waals surface area contributed by atoms with E-state index in [9.17, 15) is 9.90 Å². The molecule has 2 aliphatic carbocycles. The summed E-state index contributed by atoms with van der Waals surface area (Å²) in [6.07, 6.45) is 3.30. The molecular formula is C16H16N2O3. The lowest BCUT2D eigenvalue weighted by atomic mass is 9.95. The van der Waals surface area contributed by atoms with Gasteiger partial charge in [-0.05, 0) is 49.4 Å². The molecule has 1 N–H and O–H groups in total. The van der Waals surface area contributed by atoms with Gasteiger partial charge in [0.05, 0.1) is 18.5 Å². The summed E-state index contributed by atoms with van der Waals surface area (Å²) in [7, 11) is 1.63. The number of carboxylic acids is 1. The van der Waals surface area contributed by atoms with E-state index in [0.29, 0.717) is 11.8 Å². The Hall–Kier alpha value is -2.30. The Labute approximate surface area is 122 Å². The van der Waals surface area contributed by atoms with Gasteiger partial charge in [0.2, 0.25) is 0 Å². The molecule has 108 valence electrons. The summed E-state index contributed by atoms with van der Waals surface area (Å²) < 4.78 is 6.99. The monoisotopic (exact) mass is 284 g/mol. The van der Waals surface area contributed by atoms with Gasteiger partial charge in [0.15, 0.2) is 5.69 Å². The van der Waals surface area contributed by atoms with Crippen molar-refractivity contribution in [1.82, 2.24) is 9.78 Å². The van der Waals surface area contributed by atoms with E-state index in [-0.39, 0.29) is 5.69 Å². The maximum Gasteiger partial charge on any atom is 0.356 e. The molecule has 2 unspecified atom stereocenters. The zero-order valence-corrected chi connectivity index (χ0v) is 11.7. The van der Waals surface area contributed by atoms with Crippen LogP contribution in [0.2, 0.25) is 0 Å². The van der Waals surface area contributed by atoms with E-state index in [1.54, 1.807) is 7.11 Å². The first-order valence-electron chi connectivity index (χ1n) is 7.19. The summed E-state index contributed by atoms with van der Waals surface area (Å²) in [5, 5.41) is 13.8. The maximum atomic E-state index is 11.5. The number of aromatic nitrogens is 2. The Morgan fingerprint density at radius 3 is 2.67 bits per heavy atom. The van der Waals surface area contributed by atoms with Gasteiger partial charge in [0.1, 0.15) is 5.75 Å². The fraction of sp³-hybridized carbons (Fsp3) is 0.375. The molecule has 4 rings (SSSR count). The number of fused-ring (bicyclic) bond motifs is 5. The van der Waals surface area contributed by atoms with Crippen molar-refractivity contribution in [3.63, 3.8) is 0 Å². The molecule has 21 heavy (non-hydrogen) atoms. The van der Waals surface area contributed by atoms with Crippen molar-refractivity contribution in [2.75, 3.05) is 7.11 Å². The minimum Gasteiger partial charge on any atom is -0.497 e. The summed E-state index contributed by atoms with van der Waals surface area (Å²) in [5.41, 5.74) is 3.20. The Morgan fingerprint density at radius 2 is 2.00 bits per heavy atom. The van der Waals surface area contributed by atoms with Crippen molar-refractivity contribution in [3.05, 3.63) is 41.2 Å². The third-order valence-electron chi connectivity index (χ3n) is 4.71. The summed E-state index contributed by atoms with van der Waals surface area (Å²) in [5.74, 6) is 0.685. The predicted molar refractivity (Wildman–Crippen MR) is 76.4 cm³/mol. The fourth-order valence-corrected chi connectivity index (χ4v) is 3.81. The second-order valence-electron chi connectivity index (χ2n) is 5.77. The lowest BCUT2D eigenvalue weighted by Crippen LogP contribution is -2.05. The van der Waals surface area contributed by atoms with Gasteiger partial charge in [-0.1, -0.05) is 0 Å². The Morgan fingerprint density at radius 1 is 1.29 bits per heavy atom. The highest BCUT2D eigenvalue weighted by Crippen LogP contribution is 2.54. The van der Waals surface area contributed by atoms with Crippen molar-refractivity contribution >= 4 is 5.97 Å². The van der Waals surface area contributed by atoms with E-state index < -0.39 is 5.97 Å². The van der Waals surface area contributed by atoms with Crippen molar-refractivity contribution in [1.29, 1.82) is 0 Å². The molecule has 2 bridgehead atoms. The summed E-state index contributed by atoms with van der Waals surface area (Å²) >= 11 is 0. The molecule has 1 fully saturated rings. The van der Waals surface area contributed by atoms with Gasteiger partial charge in [-0.3, -0.25) is 0 Å². The number of methoxy groups -OCH3 is 1. The van der Waals surface area contributed by atoms with Crippen molar-refractivity contribution in [2.45, 2.75) is 31.1 Å². The number of hydrogen-bond acceptors (Lipinski definition) is 3. The minimum atomic E-state index is -0.925. The van der Waals surface area contributed by atoms with Crippen LogP contribution in [0.25, 0.3) is 5.69 Å². The van der Waals surface area contributed by atoms with Gasteiger partial charge < -0.3 is 9.84 Å². The lowest BCUT2D eigenvalue weighted by Gasteiger charge is -2.14. The Kier molecular flexibility index (Phi) is 2.58. The van der Waals surface area contributed by atoms with E-state index in [2.05, 4.69) is 5.10 Å². The molecule has 1 aromatic heterocycles. The Bertz CT molecular complexity index is 718. The predicted octanol–water partition coefficient (Wildman–Crippen LogP) is 2.94. The topological polar surface area (TPSA) is 64.4 Å². The average molecular weight is 284 g/mol. The van der Waals surface area contributed by atoms with Gasteiger partial charge in [-0.2, -0.15) is 5.10 Å². The molecule has 2 aliphatic rings. The maximum absolute atomic E-state index is 11.5. The standard InChI is InChI=1S/C16H16N2O3/c1-21-12-6-4-11(5-7-12)18-15-10-3-2-9(8-10)13(15)14(17-18)16(19)20/h4-7,9-10H,2-3,8H2,1H3,(H,19,20). The molecule has 0 aliphatic heterocycles. The molecular weight excluding hydrogens is 268 g/mol. The molecule has 5 heteroatoms. The summed E-state index contributed by atoms with van der Waals surface area (Å²) in [6.45, 7) is 0. The van der Waals surface area contributed by atoms with Crippen LogP contribution in [0.4, 0.5) is 0 Å². The molecule has 0 spiro atoms. The quantitative estimate of drug-likeness (QED) is 0.941. The van der Waals surface area contributed by atoms with E-state index in [1.165, 1.54) is 0 Å². The molecule has 0 saturated heterocycles. The number of aromatic carboxylic acids is 1. The normalized spacial score (nSPS) is 22.3. The van der Waals surface area contributed by atoms with E-state index in [4.69, 9.17) is 4.74 Å². The van der Waals surface area contributed by atoms with Gasteiger partial charge in [0, 0.05) is 11.5 Å². The molecule has 2 aromatic rings. The van der Waals surface area contributed by atoms with Gasteiger partial charge in [-0.15, -0.1) is 0 Å². The Balaban J connectivity index is 1.88. The number of nitrogens with zero attached hydrogens (tertiary/aromatic N) is 2. The first kappa shape index (κ1) is 12.4. The van der Waals surface area contributed by atoms with E-state index in [1.807, 2.05) is 28.9 Å². The zero-order valence-electron chi connectivity index (χ0n) is 11.7. The summed E-state index contributed by atoms with van der Waals surface area (Å²) in [6, 6.07) is 7.58. The zero-order chi connectivity index (χ0) is 14.6. The van der Waals surface area contributed by atoms with Crippen LogP contribution in [0.1, 0.15) is 52.8 Å². The van der Waals surface area contributed by atoms with E-state index >= 15 is 0 Å². The number of rotatable bonds is 3. The van der Waals surface area contributed by atoms with Crippen LogP contribution in [0, 0.1) is 0 Å². The molecule has 1 saturated carbocycles. The van der Waals surface area contributed by atoms with Crippen LogP contribution in [0.15, 0.2) is 24.3 Å². The van der Waals surface area contributed by atoms with Gasteiger partial charge >= 0.3 is 5.97 Å². The number of carbonyl (C=O) groups is 1. The number of benzene rings is 1. The number of ether oxygens (including phenoxy) is 1. The van der Waals surface area contributed by atoms with Crippen LogP contribution >= 0.6 is 0 Å². The highest BCUT2D eigenvalue weighted by atomic mass is 16.5. The summed E-state index contributed by atoms with van der Waals surface area (Å²) in [4.78, 5) is 11.5. The van der Waals surface area contributed by atoms with Gasteiger partial charge in [-0.25, -0.2) is 9.48 Å². The van der Waals surface area contributed by atoms with Crippen LogP contribution in [0.5, 0.6) is 5.75 Å². The third kappa shape index (κ3) is 1.70. The number of hydrogen-bond donors (Lipinski definition) is 1. The molecule has 5 nitrogen and oxygen atoms in total. The van der Waals surface area contributed by atoms with Crippen LogP contribution < -0.4 is 4.74 Å².